The van der Waals surface area contributed by atoms with Gasteiger partial charge in [0.15, 0.2) is 0 Å². The Morgan fingerprint density at radius 3 is 2.00 bits per heavy atom. The lowest BCUT2D eigenvalue weighted by atomic mass is 10.1. The van der Waals surface area contributed by atoms with E-state index in [1.165, 1.54) is 17.0 Å². The van der Waals surface area contributed by atoms with Gasteiger partial charge in [0.1, 0.15) is 12.6 Å². The van der Waals surface area contributed by atoms with Gasteiger partial charge in [0.2, 0.25) is 11.8 Å². The van der Waals surface area contributed by atoms with Gasteiger partial charge in [-0.05, 0) is 61.6 Å². The van der Waals surface area contributed by atoms with Gasteiger partial charge >= 0.3 is 0 Å². The number of carbonyl (C=O) groups excluding carboxylic acids is 2. The highest BCUT2D eigenvalue weighted by molar-refractivity contribution is 7.92. The Balaban J connectivity index is 2.02. The molecule has 38 heavy (non-hydrogen) atoms. The summed E-state index contributed by atoms with van der Waals surface area (Å²) in [5, 5.41) is 2.90. The van der Waals surface area contributed by atoms with E-state index in [0.29, 0.717) is 17.8 Å². The van der Waals surface area contributed by atoms with Crippen LogP contribution in [0.15, 0.2) is 83.8 Å². The number of nitrogens with one attached hydrogen (secondary N) is 1. The van der Waals surface area contributed by atoms with Crippen LogP contribution in [0.5, 0.6) is 0 Å². The van der Waals surface area contributed by atoms with Crippen LogP contribution in [-0.2, 0) is 26.2 Å². The minimum atomic E-state index is -4.07. The lowest BCUT2D eigenvalue weighted by Crippen LogP contribution is -2.51. The summed E-state index contributed by atoms with van der Waals surface area (Å²) in [6.07, 6.45) is 0. The molecule has 0 fully saturated rings. The standard InChI is InChI=1S/C30H37N3O4S/c1-22(2)19-31-30(35)25(5)32(20-26-15-11-9-13-23(26)3)29(34)21-33(28-18-12-10-14-24(28)4)38(36,37)27-16-7-6-8-17-27/h6-18,22,25H,19-21H2,1-5H3,(H,31,35)/t25-/m0/s1. The van der Waals surface area contributed by atoms with E-state index in [9.17, 15) is 18.0 Å². The van der Waals surface area contributed by atoms with Crippen molar-refractivity contribution in [3.05, 3.63) is 95.6 Å². The van der Waals surface area contributed by atoms with E-state index >= 15 is 0 Å². The third kappa shape index (κ3) is 7.01. The predicted molar refractivity (Wildman–Crippen MR) is 151 cm³/mol. The summed E-state index contributed by atoms with van der Waals surface area (Å²) in [5.74, 6) is -0.503. The Kier molecular flexibility index (Phi) is 9.69. The smallest absolute Gasteiger partial charge is 0.264 e. The van der Waals surface area contributed by atoms with Crippen molar-refractivity contribution in [3.8, 4) is 0 Å². The van der Waals surface area contributed by atoms with Gasteiger partial charge in [0, 0.05) is 13.1 Å². The summed E-state index contributed by atoms with van der Waals surface area (Å²) >= 11 is 0. The van der Waals surface area contributed by atoms with Crippen LogP contribution >= 0.6 is 0 Å². The second-order valence-corrected chi connectivity index (χ2v) is 11.7. The highest BCUT2D eigenvalue weighted by Gasteiger charge is 2.33. The lowest BCUT2D eigenvalue weighted by molar-refractivity contribution is -0.139. The Hall–Kier alpha value is -3.65. The van der Waals surface area contributed by atoms with Gasteiger partial charge < -0.3 is 10.2 Å². The number of anilines is 1. The fourth-order valence-corrected chi connectivity index (χ4v) is 5.58. The van der Waals surface area contributed by atoms with Crippen molar-refractivity contribution >= 4 is 27.5 Å². The molecule has 3 aromatic rings. The molecule has 3 rings (SSSR count). The zero-order chi connectivity index (χ0) is 27.9. The first-order valence-corrected chi connectivity index (χ1v) is 14.2. The number of aryl methyl sites for hydroxylation is 2. The van der Waals surface area contributed by atoms with Crippen molar-refractivity contribution in [3.63, 3.8) is 0 Å². The van der Waals surface area contributed by atoms with Crippen LogP contribution in [0, 0.1) is 19.8 Å². The molecular weight excluding hydrogens is 498 g/mol. The van der Waals surface area contributed by atoms with Crippen molar-refractivity contribution in [2.24, 2.45) is 5.92 Å². The topological polar surface area (TPSA) is 86.8 Å². The lowest BCUT2D eigenvalue weighted by Gasteiger charge is -2.32. The second-order valence-electron chi connectivity index (χ2n) is 9.87. The maximum Gasteiger partial charge on any atom is 0.264 e. The van der Waals surface area contributed by atoms with Gasteiger partial charge in [0.25, 0.3) is 10.0 Å². The van der Waals surface area contributed by atoms with Gasteiger partial charge in [-0.15, -0.1) is 0 Å². The fourth-order valence-electron chi connectivity index (χ4n) is 4.08. The molecule has 0 unspecified atom stereocenters. The highest BCUT2D eigenvalue weighted by atomic mass is 32.2. The van der Waals surface area contributed by atoms with Gasteiger partial charge in [-0.1, -0.05) is 74.5 Å². The second kappa shape index (κ2) is 12.7. The minimum Gasteiger partial charge on any atom is -0.354 e. The van der Waals surface area contributed by atoms with E-state index in [-0.39, 0.29) is 23.3 Å². The molecule has 0 aliphatic carbocycles. The van der Waals surface area contributed by atoms with Gasteiger partial charge in [-0.2, -0.15) is 0 Å². The van der Waals surface area contributed by atoms with Crippen molar-refractivity contribution in [1.82, 2.24) is 10.2 Å². The maximum atomic E-state index is 14.0. The van der Waals surface area contributed by atoms with E-state index < -0.39 is 28.5 Å². The highest BCUT2D eigenvalue weighted by Crippen LogP contribution is 2.27. The van der Waals surface area contributed by atoms with Crippen LogP contribution in [0.4, 0.5) is 5.69 Å². The number of para-hydroxylation sites is 1. The molecule has 0 aliphatic rings. The minimum absolute atomic E-state index is 0.0873. The Morgan fingerprint density at radius 2 is 1.39 bits per heavy atom. The number of sulfonamides is 1. The molecular formula is C30H37N3O4S. The monoisotopic (exact) mass is 535 g/mol. The average Bonchev–Trinajstić information content (AvgIpc) is 2.90. The van der Waals surface area contributed by atoms with Crippen LogP contribution in [0.25, 0.3) is 0 Å². The molecule has 0 heterocycles. The summed E-state index contributed by atoms with van der Waals surface area (Å²) in [4.78, 5) is 28.6. The van der Waals surface area contributed by atoms with Gasteiger partial charge in [-0.3, -0.25) is 13.9 Å². The first-order chi connectivity index (χ1) is 18.0. The van der Waals surface area contributed by atoms with Crippen molar-refractivity contribution in [1.29, 1.82) is 0 Å². The van der Waals surface area contributed by atoms with E-state index in [1.807, 2.05) is 51.1 Å². The van der Waals surface area contributed by atoms with Gasteiger partial charge in [-0.25, -0.2) is 8.42 Å². The molecule has 0 saturated heterocycles. The Labute approximate surface area is 226 Å². The number of rotatable bonds is 11. The quantitative estimate of drug-likeness (QED) is 0.386. The number of hydrogen-bond donors (Lipinski definition) is 1. The molecule has 0 saturated carbocycles. The summed E-state index contributed by atoms with van der Waals surface area (Å²) < 4.78 is 28.8. The van der Waals surface area contributed by atoms with E-state index in [0.717, 1.165) is 15.4 Å². The van der Waals surface area contributed by atoms with E-state index in [1.54, 1.807) is 50.2 Å². The van der Waals surface area contributed by atoms with Crippen LogP contribution in [0.2, 0.25) is 0 Å². The molecule has 0 aromatic heterocycles. The third-order valence-corrected chi connectivity index (χ3v) is 8.22. The average molecular weight is 536 g/mol. The SMILES string of the molecule is Cc1ccccc1CN(C(=O)CN(c1ccccc1C)S(=O)(=O)c1ccccc1)[C@@H](C)C(=O)NCC(C)C. The van der Waals surface area contributed by atoms with Crippen LogP contribution in [0.3, 0.4) is 0 Å². The number of carbonyl (C=O) groups is 2. The summed E-state index contributed by atoms with van der Waals surface area (Å²) in [5.41, 5.74) is 3.00. The summed E-state index contributed by atoms with van der Waals surface area (Å²) in [7, 11) is -4.07. The number of benzene rings is 3. The van der Waals surface area contributed by atoms with Crippen LogP contribution in [0.1, 0.15) is 37.5 Å². The number of hydrogen-bond acceptors (Lipinski definition) is 4. The van der Waals surface area contributed by atoms with Crippen molar-refractivity contribution in [2.45, 2.75) is 52.1 Å². The number of amides is 2. The molecule has 3 aromatic carbocycles. The molecule has 0 spiro atoms. The predicted octanol–water partition coefficient (Wildman–Crippen LogP) is 4.69. The maximum absolute atomic E-state index is 14.0. The normalized spacial score (nSPS) is 12.2. The first kappa shape index (κ1) is 28.9. The molecule has 7 nitrogen and oxygen atoms in total. The molecule has 202 valence electrons. The number of nitrogens with zero attached hydrogens (tertiary/aromatic N) is 2. The molecule has 1 atom stereocenters. The Morgan fingerprint density at radius 1 is 0.816 bits per heavy atom. The third-order valence-electron chi connectivity index (χ3n) is 6.45. The Bertz CT molecular complexity index is 1360. The van der Waals surface area contributed by atoms with E-state index in [4.69, 9.17) is 0 Å². The first-order valence-electron chi connectivity index (χ1n) is 12.8. The largest absolute Gasteiger partial charge is 0.354 e. The van der Waals surface area contributed by atoms with E-state index in [2.05, 4.69) is 5.32 Å². The van der Waals surface area contributed by atoms with Crippen LogP contribution < -0.4 is 9.62 Å². The van der Waals surface area contributed by atoms with Gasteiger partial charge in [0.05, 0.1) is 10.6 Å². The fraction of sp³-hybridized carbons (Fsp3) is 0.333. The molecule has 0 bridgehead atoms. The molecule has 0 aliphatic heterocycles. The molecule has 0 radical (unpaired) electrons. The van der Waals surface area contributed by atoms with Crippen molar-refractivity contribution < 1.29 is 18.0 Å². The van der Waals surface area contributed by atoms with Crippen LogP contribution in [-0.4, -0.2) is 44.3 Å². The molecule has 1 N–H and O–H groups in total. The summed E-state index contributed by atoms with van der Waals surface area (Å²) in [6.45, 7) is 9.63. The summed E-state index contributed by atoms with van der Waals surface area (Å²) in [6, 6.07) is 22.0. The zero-order valence-corrected chi connectivity index (χ0v) is 23.5. The van der Waals surface area contributed by atoms with Crippen molar-refractivity contribution in [2.75, 3.05) is 17.4 Å². The molecule has 8 heteroatoms. The molecule has 2 amide bonds. The zero-order valence-electron chi connectivity index (χ0n) is 22.7.